The van der Waals surface area contributed by atoms with E-state index in [-0.39, 0.29) is 6.04 Å². The molecular formula is C13H20N6O2S. The van der Waals surface area contributed by atoms with Crippen molar-refractivity contribution in [2.75, 3.05) is 24.2 Å². The Morgan fingerprint density at radius 2 is 2.23 bits per heavy atom. The van der Waals surface area contributed by atoms with Crippen LogP contribution < -0.4 is 9.62 Å². The van der Waals surface area contributed by atoms with Crippen LogP contribution in [0.5, 0.6) is 0 Å². The van der Waals surface area contributed by atoms with Gasteiger partial charge in [0.2, 0.25) is 10.0 Å². The molecule has 3 heterocycles. The molecule has 2 aromatic rings. The second kappa shape index (κ2) is 5.81. The summed E-state index contributed by atoms with van der Waals surface area (Å²) in [6.45, 7) is 3.19. The zero-order valence-electron chi connectivity index (χ0n) is 12.7. The number of aromatic nitrogens is 4. The number of piperidine rings is 1. The van der Waals surface area contributed by atoms with Gasteiger partial charge in [-0.15, -0.1) is 0 Å². The molecule has 8 nitrogen and oxygen atoms in total. The number of sulfonamides is 1. The molecule has 1 N–H and O–H groups in total. The molecule has 22 heavy (non-hydrogen) atoms. The van der Waals surface area contributed by atoms with E-state index in [1.807, 2.05) is 13.0 Å². The predicted molar refractivity (Wildman–Crippen MR) is 83.4 cm³/mol. The summed E-state index contributed by atoms with van der Waals surface area (Å²) in [4.78, 5) is 10.7. The normalized spacial score (nSPS) is 19.7. The minimum atomic E-state index is -3.19. The molecule has 0 aromatic carbocycles. The van der Waals surface area contributed by atoms with Crippen molar-refractivity contribution >= 4 is 21.6 Å². The minimum absolute atomic E-state index is 0.109. The smallest absolute Gasteiger partial charge is 0.254 e. The summed E-state index contributed by atoms with van der Waals surface area (Å²) < 4.78 is 27.1. The van der Waals surface area contributed by atoms with Crippen molar-refractivity contribution in [3.8, 4) is 0 Å². The molecule has 0 spiro atoms. The van der Waals surface area contributed by atoms with Crippen LogP contribution in [0.4, 0.5) is 5.82 Å². The fourth-order valence-corrected chi connectivity index (χ4v) is 3.37. The molecule has 1 fully saturated rings. The van der Waals surface area contributed by atoms with Gasteiger partial charge in [0, 0.05) is 30.9 Å². The number of fused-ring (bicyclic) bond motifs is 1. The topological polar surface area (TPSA) is 92.5 Å². The maximum absolute atomic E-state index is 11.4. The second-order valence-corrected chi connectivity index (χ2v) is 7.52. The number of nitrogens with zero attached hydrogens (tertiary/aromatic N) is 5. The van der Waals surface area contributed by atoms with Gasteiger partial charge >= 0.3 is 0 Å². The Morgan fingerprint density at radius 1 is 1.41 bits per heavy atom. The van der Waals surface area contributed by atoms with E-state index in [9.17, 15) is 8.42 Å². The lowest BCUT2D eigenvalue weighted by atomic mass is 10.0. The first kappa shape index (κ1) is 15.2. The zero-order chi connectivity index (χ0) is 15.7. The Morgan fingerprint density at radius 3 is 3.00 bits per heavy atom. The number of hydrogen-bond donors (Lipinski definition) is 1. The molecule has 1 aliphatic heterocycles. The SMILES string of the molecule is Cc1cc(N2CCCCC2CNS(C)(=O)=O)n2ncnc2n1. The molecule has 0 radical (unpaired) electrons. The molecule has 0 saturated carbocycles. The van der Waals surface area contributed by atoms with Gasteiger partial charge in [-0.2, -0.15) is 14.6 Å². The molecule has 3 rings (SSSR count). The summed E-state index contributed by atoms with van der Waals surface area (Å²) in [6, 6.07) is 2.08. The zero-order valence-corrected chi connectivity index (χ0v) is 13.5. The third kappa shape index (κ3) is 3.20. The quantitative estimate of drug-likeness (QED) is 0.872. The fourth-order valence-electron chi connectivity index (χ4n) is 2.88. The lowest BCUT2D eigenvalue weighted by Crippen LogP contribution is -2.47. The molecule has 1 atom stereocenters. The van der Waals surface area contributed by atoms with Crippen LogP contribution in [0.1, 0.15) is 25.0 Å². The van der Waals surface area contributed by atoms with Gasteiger partial charge < -0.3 is 4.90 Å². The van der Waals surface area contributed by atoms with Crippen LogP contribution in [0.15, 0.2) is 12.4 Å². The number of rotatable bonds is 4. The van der Waals surface area contributed by atoms with Crippen molar-refractivity contribution in [1.82, 2.24) is 24.3 Å². The van der Waals surface area contributed by atoms with Crippen molar-refractivity contribution in [2.24, 2.45) is 0 Å². The summed E-state index contributed by atoms with van der Waals surface area (Å²) >= 11 is 0. The van der Waals surface area contributed by atoms with Gasteiger partial charge in [0.15, 0.2) is 0 Å². The van der Waals surface area contributed by atoms with Gasteiger partial charge in [-0.25, -0.2) is 18.1 Å². The largest absolute Gasteiger partial charge is 0.352 e. The number of nitrogens with one attached hydrogen (secondary N) is 1. The van der Waals surface area contributed by atoms with Crippen molar-refractivity contribution in [1.29, 1.82) is 0 Å². The Labute approximate surface area is 129 Å². The third-order valence-electron chi connectivity index (χ3n) is 3.86. The maximum Gasteiger partial charge on any atom is 0.254 e. The van der Waals surface area contributed by atoms with Crippen LogP contribution in [-0.2, 0) is 10.0 Å². The highest BCUT2D eigenvalue weighted by Gasteiger charge is 2.26. The van der Waals surface area contributed by atoms with Gasteiger partial charge in [0.1, 0.15) is 12.1 Å². The van der Waals surface area contributed by atoms with E-state index in [1.54, 1.807) is 4.52 Å². The van der Waals surface area contributed by atoms with Crippen molar-refractivity contribution < 1.29 is 8.42 Å². The maximum atomic E-state index is 11.4. The lowest BCUT2D eigenvalue weighted by Gasteiger charge is -2.37. The van der Waals surface area contributed by atoms with Crippen LogP contribution in [0.3, 0.4) is 0 Å². The molecule has 1 unspecified atom stereocenters. The predicted octanol–water partition coefficient (Wildman–Crippen LogP) is 0.341. The average molecular weight is 324 g/mol. The summed E-state index contributed by atoms with van der Waals surface area (Å²) in [6.07, 6.45) is 5.79. The van der Waals surface area contributed by atoms with E-state index in [1.165, 1.54) is 12.6 Å². The van der Waals surface area contributed by atoms with Crippen LogP contribution in [-0.4, -0.2) is 53.4 Å². The Balaban J connectivity index is 1.93. The first-order valence-electron chi connectivity index (χ1n) is 7.33. The van der Waals surface area contributed by atoms with Gasteiger partial charge in [0.25, 0.3) is 5.78 Å². The summed E-state index contributed by atoms with van der Waals surface area (Å²) in [7, 11) is -3.19. The van der Waals surface area contributed by atoms with Crippen molar-refractivity contribution in [3.05, 3.63) is 18.1 Å². The summed E-state index contributed by atoms with van der Waals surface area (Å²) in [5.74, 6) is 1.48. The third-order valence-corrected chi connectivity index (χ3v) is 4.55. The highest BCUT2D eigenvalue weighted by atomic mass is 32.2. The summed E-state index contributed by atoms with van der Waals surface area (Å²) in [5.41, 5.74) is 0.871. The molecule has 120 valence electrons. The van der Waals surface area contributed by atoms with E-state index in [4.69, 9.17) is 0 Å². The molecule has 0 amide bonds. The van der Waals surface area contributed by atoms with Gasteiger partial charge in [0.05, 0.1) is 6.26 Å². The molecule has 0 aliphatic carbocycles. The van der Waals surface area contributed by atoms with Crippen LogP contribution in [0.2, 0.25) is 0 Å². The van der Waals surface area contributed by atoms with Crippen molar-refractivity contribution in [3.63, 3.8) is 0 Å². The highest BCUT2D eigenvalue weighted by Crippen LogP contribution is 2.25. The first-order chi connectivity index (χ1) is 10.4. The number of hydrogen-bond acceptors (Lipinski definition) is 6. The lowest BCUT2D eigenvalue weighted by molar-refractivity contribution is 0.447. The average Bonchev–Trinajstić information content (AvgIpc) is 2.92. The molecular weight excluding hydrogens is 304 g/mol. The first-order valence-corrected chi connectivity index (χ1v) is 9.22. The molecule has 2 aromatic heterocycles. The minimum Gasteiger partial charge on any atom is -0.352 e. The second-order valence-electron chi connectivity index (χ2n) is 5.69. The van der Waals surface area contributed by atoms with Gasteiger partial charge in [-0.3, -0.25) is 0 Å². The molecule has 0 bridgehead atoms. The van der Waals surface area contributed by atoms with Crippen LogP contribution in [0, 0.1) is 6.92 Å². The number of aryl methyl sites for hydroxylation is 1. The fraction of sp³-hybridized carbons (Fsp3) is 0.615. The van der Waals surface area contributed by atoms with E-state index in [0.29, 0.717) is 12.3 Å². The molecule has 1 saturated heterocycles. The van der Waals surface area contributed by atoms with E-state index >= 15 is 0 Å². The summed E-state index contributed by atoms with van der Waals surface area (Å²) in [5, 5.41) is 4.24. The van der Waals surface area contributed by atoms with Crippen molar-refractivity contribution in [2.45, 2.75) is 32.2 Å². The Kier molecular flexibility index (Phi) is 4.00. The van der Waals surface area contributed by atoms with Crippen LogP contribution in [0.25, 0.3) is 5.78 Å². The van der Waals surface area contributed by atoms with E-state index in [0.717, 1.165) is 37.3 Å². The molecule has 1 aliphatic rings. The van der Waals surface area contributed by atoms with Gasteiger partial charge in [-0.05, 0) is 26.2 Å². The van der Waals surface area contributed by atoms with Gasteiger partial charge in [-0.1, -0.05) is 0 Å². The van der Waals surface area contributed by atoms with E-state index < -0.39 is 10.0 Å². The van der Waals surface area contributed by atoms with E-state index in [2.05, 4.69) is 24.7 Å². The standard InChI is InChI=1S/C13H20N6O2S/c1-10-7-12(19-13(17-10)14-9-15-19)18-6-4-3-5-11(18)8-16-22(2,20)21/h7,9,11,16H,3-6,8H2,1-2H3. The highest BCUT2D eigenvalue weighted by molar-refractivity contribution is 7.88. The Hall–Kier alpha value is -1.74. The number of anilines is 1. The van der Waals surface area contributed by atoms with Crippen LogP contribution >= 0.6 is 0 Å². The Bertz CT molecular complexity index is 772. The monoisotopic (exact) mass is 324 g/mol. The molecule has 9 heteroatoms.